The molecule has 0 aliphatic carbocycles. The molecule has 0 aliphatic heterocycles. The Bertz CT molecular complexity index is 836. The molecule has 2 rings (SSSR count). The standard InChI is InChI=1S/C19H22ClN3O5/c1-3-27-17(24)10-13(9-12-7-5-6-8-14(12)20)21-18(25)15-11-16(23-22-15)19(26)28-4-2/h5-8,11,13H,3-4,9-10H2,1-2H3,(H,21,25)(H,22,23). The molecular formula is C19H22ClN3O5. The highest BCUT2D eigenvalue weighted by Crippen LogP contribution is 2.18. The van der Waals surface area contributed by atoms with E-state index < -0.39 is 23.9 Å². The first-order valence-corrected chi connectivity index (χ1v) is 9.24. The van der Waals surface area contributed by atoms with Gasteiger partial charge in [0, 0.05) is 17.1 Å². The van der Waals surface area contributed by atoms with Crippen LogP contribution in [0.5, 0.6) is 0 Å². The Morgan fingerprint density at radius 1 is 1.18 bits per heavy atom. The molecule has 28 heavy (non-hydrogen) atoms. The lowest BCUT2D eigenvalue weighted by molar-refractivity contribution is -0.143. The van der Waals surface area contributed by atoms with E-state index in [4.69, 9.17) is 21.1 Å². The van der Waals surface area contributed by atoms with E-state index in [9.17, 15) is 14.4 Å². The van der Waals surface area contributed by atoms with Gasteiger partial charge in [0.15, 0.2) is 5.69 Å². The maximum atomic E-state index is 12.5. The second kappa shape index (κ2) is 10.5. The van der Waals surface area contributed by atoms with Crippen molar-refractivity contribution >= 4 is 29.4 Å². The zero-order valence-electron chi connectivity index (χ0n) is 15.7. The lowest BCUT2D eigenvalue weighted by atomic mass is 10.0. The number of nitrogens with zero attached hydrogens (tertiary/aromatic N) is 1. The molecule has 0 fully saturated rings. The third-order valence-electron chi connectivity index (χ3n) is 3.78. The monoisotopic (exact) mass is 407 g/mol. The van der Waals surface area contributed by atoms with Gasteiger partial charge in [0.1, 0.15) is 5.69 Å². The minimum Gasteiger partial charge on any atom is -0.466 e. The average molecular weight is 408 g/mol. The summed E-state index contributed by atoms with van der Waals surface area (Å²) in [5.74, 6) is -1.57. The summed E-state index contributed by atoms with van der Waals surface area (Å²) in [6.07, 6.45) is 0.305. The summed E-state index contributed by atoms with van der Waals surface area (Å²) in [6, 6.07) is 7.91. The molecule has 0 saturated heterocycles. The minimum absolute atomic E-state index is 0.0103. The van der Waals surface area contributed by atoms with Crippen molar-refractivity contribution in [1.29, 1.82) is 0 Å². The van der Waals surface area contributed by atoms with Gasteiger partial charge < -0.3 is 14.8 Å². The highest BCUT2D eigenvalue weighted by atomic mass is 35.5. The Labute approximate surface area is 167 Å². The molecule has 0 bridgehead atoms. The summed E-state index contributed by atoms with van der Waals surface area (Å²) in [7, 11) is 0. The van der Waals surface area contributed by atoms with Crippen molar-refractivity contribution in [2.75, 3.05) is 13.2 Å². The van der Waals surface area contributed by atoms with Gasteiger partial charge >= 0.3 is 11.9 Å². The first-order valence-electron chi connectivity index (χ1n) is 8.87. The highest BCUT2D eigenvalue weighted by molar-refractivity contribution is 6.31. The smallest absolute Gasteiger partial charge is 0.356 e. The number of aromatic nitrogens is 2. The van der Waals surface area contributed by atoms with E-state index in [0.717, 1.165) is 5.56 Å². The van der Waals surface area contributed by atoms with Crippen LogP contribution in [0.25, 0.3) is 0 Å². The Kier molecular flexibility index (Phi) is 8.01. The molecule has 0 radical (unpaired) electrons. The molecule has 1 amide bonds. The van der Waals surface area contributed by atoms with Gasteiger partial charge in [0.25, 0.3) is 5.91 Å². The Hall–Kier alpha value is -2.87. The second-order valence-electron chi connectivity index (χ2n) is 5.86. The molecule has 8 nitrogen and oxygen atoms in total. The van der Waals surface area contributed by atoms with Crippen LogP contribution in [0.4, 0.5) is 0 Å². The van der Waals surface area contributed by atoms with Crippen molar-refractivity contribution in [3.05, 3.63) is 52.3 Å². The summed E-state index contributed by atoms with van der Waals surface area (Å²) in [4.78, 5) is 36.2. The van der Waals surface area contributed by atoms with Crippen LogP contribution in [0.1, 0.15) is 46.8 Å². The van der Waals surface area contributed by atoms with Crippen molar-refractivity contribution < 1.29 is 23.9 Å². The molecule has 0 aliphatic rings. The molecule has 150 valence electrons. The van der Waals surface area contributed by atoms with E-state index in [1.165, 1.54) is 6.07 Å². The van der Waals surface area contributed by atoms with E-state index in [1.54, 1.807) is 26.0 Å². The number of rotatable bonds is 9. The van der Waals surface area contributed by atoms with Crippen molar-refractivity contribution in [2.45, 2.75) is 32.7 Å². The summed E-state index contributed by atoms with van der Waals surface area (Å²) in [5.41, 5.74) is 0.865. The molecule has 1 aromatic heterocycles. The van der Waals surface area contributed by atoms with Crippen LogP contribution in [-0.2, 0) is 20.7 Å². The van der Waals surface area contributed by atoms with Gasteiger partial charge in [0.2, 0.25) is 0 Å². The molecule has 1 atom stereocenters. The van der Waals surface area contributed by atoms with E-state index in [1.807, 2.05) is 12.1 Å². The SMILES string of the molecule is CCOC(=O)CC(Cc1ccccc1Cl)NC(=O)c1cc(C(=O)OCC)[nH]n1. The number of carbonyl (C=O) groups is 3. The van der Waals surface area contributed by atoms with Crippen molar-refractivity contribution in [3.63, 3.8) is 0 Å². The van der Waals surface area contributed by atoms with Gasteiger partial charge in [0.05, 0.1) is 19.6 Å². The first kappa shape index (κ1) is 21.4. The van der Waals surface area contributed by atoms with Gasteiger partial charge in [-0.15, -0.1) is 0 Å². The summed E-state index contributed by atoms with van der Waals surface area (Å²) in [5, 5.41) is 9.59. The lowest BCUT2D eigenvalue weighted by Gasteiger charge is -2.18. The number of hydrogen-bond acceptors (Lipinski definition) is 6. The maximum Gasteiger partial charge on any atom is 0.356 e. The van der Waals surface area contributed by atoms with Gasteiger partial charge in [-0.05, 0) is 31.9 Å². The predicted molar refractivity (Wildman–Crippen MR) is 102 cm³/mol. The number of carbonyl (C=O) groups excluding carboxylic acids is 3. The molecular weight excluding hydrogens is 386 g/mol. The molecule has 1 heterocycles. The number of nitrogens with one attached hydrogen (secondary N) is 2. The number of aromatic amines is 1. The van der Waals surface area contributed by atoms with Crippen LogP contribution in [0.2, 0.25) is 5.02 Å². The number of ether oxygens (including phenoxy) is 2. The molecule has 2 aromatic rings. The number of halogens is 1. The van der Waals surface area contributed by atoms with E-state index in [-0.39, 0.29) is 31.0 Å². The Balaban J connectivity index is 2.12. The first-order chi connectivity index (χ1) is 13.4. The van der Waals surface area contributed by atoms with Crippen LogP contribution >= 0.6 is 11.6 Å². The second-order valence-corrected chi connectivity index (χ2v) is 6.27. The summed E-state index contributed by atoms with van der Waals surface area (Å²) >= 11 is 6.19. The Morgan fingerprint density at radius 2 is 1.89 bits per heavy atom. The van der Waals surface area contributed by atoms with E-state index in [0.29, 0.717) is 11.4 Å². The maximum absolute atomic E-state index is 12.5. The van der Waals surface area contributed by atoms with Crippen LogP contribution in [-0.4, -0.2) is 47.3 Å². The molecule has 1 aromatic carbocycles. The molecule has 9 heteroatoms. The fourth-order valence-corrected chi connectivity index (χ4v) is 2.75. The van der Waals surface area contributed by atoms with Crippen molar-refractivity contribution in [1.82, 2.24) is 15.5 Å². The van der Waals surface area contributed by atoms with Crippen LogP contribution in [0.3, 0.4) is 0 Å². The third-order valence-corrected chi connectivity index (χ3v) is 4.15. The minimum atomic E-state index is -0.604. The molecule has 0 spiro atoms. The van der Waals surface area contributed by atoms with Gasteiger partial charge in [-0.2, -0.15) is 5.10 Å². The van der Waals surface area contributed by atoms with Crippen molar-refractivity contribution in [3.8, 4) is 0 Å². The van der Waals surface area contributed by atoms with Crippen molar-refractivity contribution in [2.24, 2.45) is 0 Å². The predicted octanol–water partition coefficient (Wildman–Crippen LogP) is 2.53. The number of hydrogen-bond donors (Lipinski definition) is 2. The third kappa shape index (κ3) is 6.09. The fourth-order valence-electron chi connectivity index (χ4n) is 2.54. The Morgan fingerprint density at radius 3 is 2.57 bits per heavy atom. The zero-order chi connectivity index (χ0) is 20.5. The van der Waals surface area contributed by atoms with E-state index >= 15 is 0 Å². The number of esters is 2. The molecule has 1 unspecified atom stereocenters. The topological polar surface area (TPSA) is 110 Å². The van der Waals surface area contributed by atoms with Gasteiger partial charge in [-0.3, -0.25) is 14.7 Å². The number of H-pyrrole nitrogens is 1. The van der Waals surface area contributed by atoms with Crippen LogP contribution in [0.15, 0.2) is 30.3 Å². The number of benzene rings is 1. The summed E-state index contributed by atoms with van der Waals surface area (Å²) < 4.78 is 9.84. The van der Waals surface area contributed by atoms with Crippen LogP contribution < -0.4 is 5.32 Å². The largest absolute Gasteiger partial charge is 0.466 e. The normalized spacial score (nSPS) is 11.5. The molecule has 2 N–H and O–H groups in total. The lowest BCUT2D eigenvalue weighted by Crippen LogP contribution is -2.38. The molecule has 0 saturated carbocycles. The quantitative estimate of drug-likeness (QED) is 0.618. The zero-order valence-corrected chi connectivity index (χ0v) is 16.4. The highest BCUT2D eigenvalue weighted by Gasteiger charge is 2.22. The van der Waals surface area contributed by atoms with Gasteiger partial charge in [-0.1, -0.05) is 29.8 Å². The van der Waals surface area contributed by atoms with Crippen LogP contribution in [0, 0.1) is 0 Å². The number of amides is 1. The van der Waals surface area contributed by atoms with Gasteiger partial charge in [-0.25, -0.2) is 4.79 Å². The summed E-state index contributed by atoms with van der Waals surface area (Å²) in [6.45, 7) is 3.84. The van der Waals surface area contributed by atoms with E-state index in [2.05, 4.69) is 15.5 Å². The fraction of sp³-hybridized carbons (Fsp3) is 0.368. The average Bonchev–Trinajstić information content (AvgIpc) is 3.14.